The first-order chi connectivity index (χ1) is 6.17. The van der Waals surface area contributed by atoms with Crippen LogP contribution in [0.3, 0.4) is 0 Å². The summed E-state index contributed by atoms with van der Waals surface area (Å²) >= 11 is 3.81. The second-order valence-electron chi connectivity index (χ2n) is 3.81. The van der Waals surface area contributed by atoms with Gasteiger partial charge in [0.2, 0.25) is 0 Å². The topological polar surface area (TPSA) is 4.44 Å². The van der Waals surface area contributed by atoms with E-state index in [9.17, 15) is 0 Å². The van der Waals surface area contributed by atoms with Crippen molar-refractivity contribution in [2.24, 2.45) is 0 Å². The second-order valence-corrected chi connectivity index (χ2v) is 4.99. The number of nitrogens with one attached hydrogen (secondary N) is 1. The summed E-state index contributed by atoms with van der Waals surface area (Å²) in [7, 11) is 0. The number of quaternary nitrogens is 1. The fourth-order valence-corrected chi connectivity index (χ4v) is 2.50. The van der Waals surface area contributed by atoms with Gasteiger partial charge >= 0.3 is 0 Å². The lowest BCUT2D eigenvalue weighted by Crippen LogP contribution is -3.15. The van der Waals surface area contributed by atoms with E-state index in [0.717, 1.165) is 6.04 Å². The van der Waals surface area contributed by atoms with E-state index in [1.807, 2.05) is 0 Å². The predicted molar refractivity (Wildman–Crippen MR) is 63.7 cm³/mol. The number of alkyl halides is 1. The SMILES string of the molecule is CCCCC(Br)C(C)[NH+](CC)CC.[Br-]. The van der Waals surface area contributed by atoms with Gasteiger partial charge in [0.25, 0.3) is 0 Å². The molecule has 1 nitrogen and oxygen atoms in total. The van der Waals surface area contributed by atoms with Crippen molar-refractivity contribution < 1.29 is 21.9 Å². The van der Waals surface area contributed by atoms with Crippen molar-refractivity contribution in [3.63, 3.8) is 0 Å². The predicted octanol–water partition coefficient (Wildman–Crippen LogP) is -0.743. The quantitative estimate of drug-likeness (QED) is 0.586. The van der Waals surface area contributed by atoms with Gasteiger partial charge in [0.15, 0.2) is 0 Å². The van der Waals surface area contributed by atoms with Gasteiger partial charge in [-0.1, -0.05) is 35.7 Å². The smallest absolute Gasteiger partial charge is 0.0972 e. The molecule has 0 saturated carbocycles. The van der Waals surface area contributed by atoms with Gasteiger partial charge in [-0.25, -0.2) is 0 Å². The van der Waals surface area contributed by atoms with Crippen LogP contribution in [-0.4, -0.2) is 24.0 Å². The highest BCUT2D eigenvalue weighted by molar-refractivity contribution is 9.09. The third-order valence-electron chi connectivity index (χ3n) is 2.93. The van der Waals surface area contributed by atoms with Crippen LogP contribution < -0.4 is 21.9 Å². The zero-order valence-electron chi connectivity index (χ0n) is 9.95. The van der Waals surface area contributed by atoms with Gasteiger partial charge in [-0.2, -0.15) is 0 Å². The first-order valence-electron chi connectivity index (χ1n) is 5.65. The van der Waals surface area contributed by atoms with Crippen molar-refractivity contribution >= 4 is 15.9 Å². The minimum atomic E-state index is 0. The zero-order valence-corrected chi connectivity index (χ0v) is 13.1. The van der Waals surface area contributed by atoms with E-state index in [4.69, 9.17) is 0 Å². The molecule has 0 radical (unpaired) electrons. The molecule has 0 aromatic carbocycles. The zero-order chi connectivity index (χ0) is 10.3. The van der Waals surface area contributed by atoms with Crippen molar-refractivity contribution in [1.82, 2.24) is 0 Å². The molecule has 0 aromatic rings. The van der Waals surface area contributed by atoms with Crippen LogP contribution >= 0.6 is 15.9 Å². The van der Waals surface area contributed by atoms with Gasteiger partial charge < -0.3 is 21.9 Å². The highest BCUT2D eigenvalue weighted by Crippen LogP contribution is 2.12. The van der Waals surface area contributed by atoms with Crippen LogP contribution in [0.25, 0.3) is 0 Å². The van der Waals surface area contributed by atoms with Gasteiger partial charge in [-0.3, -0.25) is 0 Å². The molecule has 0 aliphatic carbocycles. The molecule has 0 bridgehead atoms. The molecule has 0 amide bonds. The summed E-state index contributed by atoms with van der Waals surface area (Å²) in [6.07, 6.45) is 3.98. The summed E-state index contributed by atoms with van der Waals surface area (Å²) in [4.78, 5) is 2.40. The van der Waals surface area contributed by atoms with Gasteiger partial charge in [0.1, 0.15) is 0 Å². The maximum atomic E-state index is 3.81. The highest BCUT2D eigenvalue weighted by Gasteiger charge is 2.21. The molecule has 0 aliphatic heterocycles. The van der Waals surface area contributed by atoms with E-state index < -0.39 is 0 Å². The van der Waals surface area contributed by atoms with Crippen LogP contribution in [0.1, 0.15) is 47.0 Å². The van der Waals surface area contributed by atoms with Gasteiger partial charge in [-0.15, -0.1) is 0 Å². The van der Waals surface area contributed by atoms with Crippen LogP contribution in [0.2, 0.25) is 0 Å². The van der Waals surface area contributed by atoms with Crippen LogP contribution in [0.15, 0.2) is 0 Å². The number of hydrogen-bond donors (Lipinski definition) is 1. The minimum absolute atomic E-state index is 0. The Balaban J connectivity index is 0. The van der Waals surface area contributed by atoms with Crippen molar-refractivity contribution in [2.45, 2.75) is 57.8 Å². The second kappa shape index (κ2) is 10.4. The molecule has 2 unspecified atom stereocenters. The molecule has 0 spiro atoms. The average Bonchev–Trinajstić information content (AvgIpc) is 2.15. The molecular weight excluding hydrogens is 306 g/mol. The molecule has 2 atom stereocenters. The molecule has 88 valence electrons. The van der Waals surface area contributed by atoms with Crippen LogP contribution in [0.4, 0.5) is 0 Å². The maximum Gasteiger partial charge on any atom is 0.0972 e. The lowest BCUT2D eigenvalue weighted by molar-refractivity contribution is -0.919. The van der Waals surface area contributed by atoms with E-state index in [1.54, 1.807) is 4.90 Å². The van der Waals surface area contributed by atoms with Crippen LogP contribution in [0, 0.1) is 0 Å². The minimum Gasteiger partial charge on any atom is -1.00 e. The number of rotatable bonds is 7. The fraction of sp³-hybridized carbons (Fsp3) is 1.00. The number of hydrogen-bond acceptors (Lipinski definition) is 0. The normalized spacial score (nSPS) is 15.0. The van der Waals surface area contributed by atoms with Crippen molar-refractivity contribution in [3.8, 4) is 0 Å². The largest absolute Gasteiger partial charge is 1.00 e. The molecule has 0 fully saturated rings. The summed E-state index contributed by atoms with van der Waals surface area (Å²) in [5.41, 5.74) is 0. The Bertz CT molecular complexity index is 116. The van der Waals surface area contributed by atoms with Crippen molar-refractivity contribution in [1.29, 1.82) is 0 Å². The summed E-state index contributed by atoms with van der Waals surface area (Å²) in [6.45, 7) is 11.6. The Morgan fingerprint density at radius 2 is 1.64 bits per heavy atom. The summed E-state index contributed by atoms with van der Waals surface area (Å²) < 4.78 is 0. The Labute approximate surface area is 109 Å². The highest BCUT2D eigenvalue weighted by atomic mass is 79.9. The van der Waals surface area contributed by atoms with Crippen molar-refractivity contribution in [2.75, 3.05) is 13.1 Å². The molecular formula is C11H25Br2N. The van der Waals surface area contributed by atoms with E-state index >= 15 is 0 Å². The Hall–Kier alpha value is 0.920. The van der Waals surface area contributed by atoms with Crippen LogP contribution in [-0.2, 0) is 0 Å². The molecule has 1 N–H and O–H groups in total. The molecule has 0 heterocycles. The number of unbranched alkanes of at least 4 members (excludes halogenated alkanes) is 1. The number of halogens is 2. The molecule has 0 aromatic heterocycles. The van der Waals surface area contributed by atoms with E-state index in [1.165, 1.54) is 32.4 Å². The van der Waals surface area contributed by atoms with E-state index in [2.05, 4.69) is 43.6 Å². The summed E-state index contributed by atoms with van der Waals surface area (Å²) in [5, 5.41) is 0. The molecule has 0 aliphatic rings. The van der Waals surface area contributed by atoms with E-state index in [-0.39, 0.29) is 17.0 Å². The van der Waals surface area contributed by atoms with Crippen molar-refractivity contribution in [3.05, 3.63) is 0 Å². The standard InChI is InChI=1S/C11H24BrN.BrH/c1-5-8-9-11(12)10(4)13(6-2)7-3;/h10-11H,5-9H2,1-4H3;1H. The fourth-order valence-electron chi connectivity index (χ4n) is 1.80. The summed E-state index contributed by atoms with van der Waals surface area (Å²) in [5.74, 6) is 0. The Morgan fingerprint density at radius 3 is 2.00 bits per heavy atom. The van der Waals surface area contributed by atoms with Gasteiger partial charge in [0.05, 0.1) is 24.0 Å². The summed E-state index contributed by atoms with van der Waals surface area (Å²) in [6, 6.07) is 0.751. The first-order valence-corrected chi connectivity index (χ1v) is 6.57. The molecule has 0 saturated heterocycles. The third-order valence-corrected chi connectivity index (χ3v) is 4.18. The lowest BCUT2D eigenvalue weighted by Gasteiger charge is -2.27. The Morgan fingerprint density at radius 1 is 1.14 bits per heavy atom. The third kappa shape index (κ3) is 6.41. The monoisotopic (exact) mass is 329 g/mol. The van der Waals surface area contributed by atoms with Gasteiger partial charge in [0, 0.05) is 0 Å². The molecule has 0 rings (SSSR count). The van der Waals surface area contributed by atoms with E-state index in [0.29, 0.717) is 4.83 Å². The molecule has 14 heavy (non-hydrogen) atoms. The maximum absolute atomic E-state index is 3.81. The average molecular weight is 331 g/mol. The first kappa shape index (κ1) is 17.3. The van der Waals surface area contributed by atoms with Crippen LogP contribution in [0.5, 0.6) is 0 Å². The van der Waals surface area contributed by atoms with Gasteiger partial charge in [-0.05, 0) is 27.2 Å². The molecule has 3 heteroatoms. The lowest BCUT2D eigenvalue weighted by atomic mass is 10.1. The Kier molecular flexibility index (Phi) is 12.9.